The summed E-state index contributed by atoms with van der Waals surface area (Å²) in [6.45, 7) is 4.31. The van der Waals surface area contributed by atoms with Crippen LogP contribution in [0, 0.1) is 0 Å². The van der Waals surface area contributed by atoms with Gasteiger partial charge in [-0.25, -0.2) is 9.97 Å². The van der Waals surface area contributed by atoms with E-state index in [0.717, 1.165) is 5.69 Å². The highest BCUT2D eigenvalue weighted by Crippen LogP contribution is 2.20. The molecule has 19 heavy (non-hydrogen) atoms. The Labute approximate surface area is 118 Å². The monoisotopic (exact) mass is 272 g/mol. The summed E-state index contributed by atoms with van der Waals surface area (Å²) in [5.41, 5.74) is 8.33. The van der Waals surface area contributed by atoms with E-state index in [1.807, 2.05) is 12.1 Å². The highest BCUT2D eigenvalue weighted by molar-refractivity contribution is 7.80. The maximum Gasteiger partial charge on any atom is 0.227 e. The van der Waals surface area contributed by atoms with Crippen LogP contribution in [-0.4, -0.2) is 15.0 Å². The van der Waals surface area contributed by atoms with Gasteiger partial charge in [0.05, 0.1) is 0 Å². The summed E-state index contributed by atoms with van der Waals surface area (Å²) >= 11 is 4.90. The molecule has 2 rings (SSSR count). The molecule has 98 valence electrons. The van der Waals surface area contributed by atoms with Gasteiger partial charge < -0.3 is 11.1 Å². The van der Waals surface area contributed by atoms with E-state index in [1.54, 1.807) is 12.3 Å². The van der Waals surface area contributed by atoms with Crippen molar-refractivity contribution in [2.45, 2.75) is 19.8 Å². The summed E-state index contributed by atoms with van der Waals surface area (Å²) in [7, 11) is 0. The number of nitrogens with two attached hydrogens (primary N) is 1. The molecule has 0 atom stereocenters. The summed E-state index contributed by atoms with van der Waals surface area (Å²) in [4.78, 5) is 8.67. The average molecular weight is 272 g/mol. The van der Waals surface area contributed by atoms with Crippen molar-refractivity contribution >= 4 is 28.8 Å². The fourth-order valence-corrected chi connectivity index (χ4v) is 1.77. The first-order valence-corrected chi connectivity index (χ1v) is 6.47. The van der Waals surface area contributed by atoms with E-state index < -0.39 is 0 Å². The molecule has 4 nitrogen and oxygen atoms in total. The van der Waals surface area contributed by atoms with Gasteiger partial charge in [-0.1, -0.05) is 38.2 Å². The van der Waals surface area contributed by atoms with Crippen LogP contribution < -0.4 is 11.1 Å². The normalized spacial score (nSPS) is 10.5. The van der Waals surface area contributed by atoms with E-state index in [-0.39, 0.29) is 4.99 Å². The maximum atomic E-state index is 5.55. The highest BCUT2D eigenvalue weighted by Gasteiger charge is 2.04. The molecule has 1 aromatic heterocycles. The van der Waals surface area contributed by atoms with E-state index in [9.17, 15) is 0 Å². The number of hydrogen-bond donors (Lipinski definition) is 2. The fourth-order valence-electron chi connectivity index (χ4n) is 1.66. The molecule has 0 bridgehead atoms. The minimum absolute atomic E-state index is 0.265. The molecule has 3 N–H and O–H groups in total. The van der Waals surface area contributed by atoms with Crippen molar-refractivity contribution in [2.75, 3.05) is 5.32 Å². The lowest BCUT2D eigenvalue weighted by atomic mass is 10.0. The van der Waals surface area contributed by atoms with Crippen LogP contribution in [0.5, 0.6) is 0 Å². The number of nitrogens with zero attached hydrogens (tertiary/aromatic N) is 2. The van der Waals surface area contributed by atoms with Crippen LogP contribution in [-0.2, 0) is 0 Å². The van der Waals surface area contributed by atoms with E-state index in [4.69, 9.17) is 18.0 Å². The summed E-state index contributed by atoms with van der Waals surface area (Å²) in [6, 6.07) is 9.86. The largest absolute Gasteiger partial charge is 0.388 e. The van der Waals surface area contributed by atoms with Crippen LogP contribution in [0.15, 0.2) is 36.5 Å². The highest BCUT2D eigenvalue weighted by atomic mass is 32.1. The van der Waals surface area contributed by atoms with Crippen molar-refractivity contribution in [3.63, 3.8) is 0 Å². The predicted molar refractivity (Wildman–Crippen MR) is 81.7 cm³/mol. The van der Waals surface area contributed by atoms with Crippen LogP contribution in [0.1, 0.15) is 31.0 Å². The molecule has 0 aliphatic carbocycles. The number of hydrogen-bond acceptors (Lipinski definition) is 4. The van der Waals surface area contributed by atoms with Gasteiger partial charge in [-0.05, 0) is 29.7 Å². The SMILES string of the molecule is CC(C)c1cccc(Nc2nccc(C(N)=S)n2)c1. The molecule has 0 saturated heterocycles. The Balaban J connectivity index is 2.23. The molecule has 0 amide bonds. The molecule has 1 heterocycles. The van der Waals surface area contributed by atoms with Crippen LogP contribution in [0.2, 0.25) is 0 Å². The smallest absolute Gasteiger partial charge is 0.227 e. The lowest BCUT2D eigenvalue weighted by Gasteiger charge is -2.09. The predicted octanol–water partition coefficient (Wildman–Crippen LogP) is 2.98. The summed E-state index contributed by atoms with van der Waals surface area (Å²) < 4.78 is 0. The van der Waals surface area contributed by atoms with Gasteiger partial charge in [-0.15, -0.1) is 0 Å². The molecule has 0 saturated carbocycles. The van der Waals surface area contributed by atoms with Gasteiger partial charge in [0.1, 0.15) is 10.7 Å². The van der Waals surface area contributed by atoms with Crippen LogP contribution in [0.3, 0.4) is 0 Å². The molecule has 2 aromatic rings. The Morgan fingerprint density at radius 2 is 2.11 bits per heavy atom. The van der Waals surface area contributed by atoms with E-state index in [0.29, 0.717) is 17.6 Å². The Kier molecular flexibility index (Phi) is 4.06. The van der Waals surface area contributed by atoms with Crippen molar-refractivity contribution in [1.82, 2.24) is 9.97 Å². The molecule has 0 radical (unpaired) electrons. The zero-order chi connectivity index (χ0) is 13.8. The Morgan fingerprint density at radius 1 is 1.32 bits per heavy atom. The lowest BCUT2D eigenvalue weighted by Crippen LogP contribution is -2.12. The first-order valence-electron chi connectivity index (χ1n) is 6.06. The van der Waals surface area contributed by atoms with Crippen molar-refractivity contribution in [1.29, 1.82) is 0 Å². The second-order valence-corrected chi connectivity index (χ2v) is 4.97. The summed E-state index contributed by atoms with van der Waals surface area (Å²) in [5, 5.41) is 3.16. The Morgan fingerprint density at radius 3 is 2.79 bits per heavy atom. The van der Waals surface area contributed by atoms with E-state index in [1.165, 1.54) is 5.56 Å². The number of thiocarbonyl (C=S) groups is 1. The first-order chi connectivity index (χ1) is 9.06. The van der Waals surface area contributed by atoms with Gasteiger partial charge in [0.15, 0.2) is 0 Å². The molecule has 0 unspecified atom stereocenters. The number of rotatable bonds is 4. The van der Waals surface area contributed by atoms with Gasteiger partial charge in [0, 0.05) is 11.9 Å². The van der Waals surface area contributed by atoms with Crippen molar-refractivity contribution < 1.29 is 0 Å². The van der Waals surface area contributed by atoms with Gasteiger partial charge in [0.25, 0.3) is 0 Å². The topological polar surface area (TPSA) is 63.8 Å². The Bertz CT molecular complexity index is 596. The molecule has 1 aromatic carbocycles. The third-order valence-corrected chi connectivity index (χ3v) is 2.93. The molecule has 5 heteroatoms. The standard InChI is InChI=1S/C14H16N4S/c1-9(2)10-4-3-5-11(8-10)17-14-16-7-6-12(18-14)13(15)19/h3-9H,1-2H3,(H2,15,19)(H,16,17,18). The van der Waals surface area contributed by atoms with E-state index >= 15 is 0 Å². The molecular weight excluding hydrogens is 256 g/mol. The van der Waals surface area contributed by atoms with Gasteiger partial charge in [0.2, 0.25) is 5.95 Å². The minimum atomic E-state index is 0.265. The molecular formula is C14H16N4S. The average Bonchev–Trinajstić information content (AvgIpc) is 2.39. The zero-order valence-corrected chi connectivity index (χ0v) is 11.7. The van der Waals surface area contributed by atoms with Gasteiger partial charge in [-0.2, -0.15) is 0 Å². The first kappa shape index (κ1) is 13.4. The van der Waals surface area contributed by atoms with Crippen LogP contribution in [0.4, 0.5) is 11.6 Å². The second kappa shape index (κ2) is 5.75. The third-order valence-electron chi connectivity index (χ3n) is 2.72. The van der Waals surface area contributed by atoms with Gasteiger partial charge >= 0.3 is 0 Å². The maximum absolute atomic E-state index is 5.55. The quantitative estimate of drug-likeness (QED) is 0.838. The van der Waals surface area contributed by atoms with E-state index in [2.05, 4.69) is 41.3 Å². The fraction of sp³-hybridized carbons (Fsp3) is 0.214. The molecule has 0 aliphatic rings. The number of benzene rings is 1. The molecule has 0 spiro atoms. The van der Waals surface area contributed by atoms with Gasteiger partial charge in [-0.3, -0.25) is 0 Å². The van der Waals surface area contributed by atoms with Crippen molar-refractivity contribution in [2.24, 2.45) is 5.73 Å². The molecule has 0 aliphatic heterocycles. The second-order valence-electron chi connectivity index (χ2n) is 4.53. The van der Waals surface area contributed by atoms with Crippen LogP contribution in [0.25, 0.3) is 0 Å². The third kappa shape index (κ3) is 3.48. The zero-order valence-electron chi connectivity index (χ0n) is 10.9. The molecule has 0 fully saturated rings. The Hall–Kier alpha value is -2.01. The number of aromatic nitrogens is 2. The van der Waals surface area contributed by atoms with Crippen molar-refractivity contribution in [3.05, 3.63) is 47.8 Å². The van der Waals surface area contributed by atoms with Crippen molar-refractivity contribution in [3.8, 4) is 0 Å². The summed E-state index contributed by atoms with van der Waals surface area (Å²) in [6.07, 6.45) is 1.64. The minimum Gasteiger partial charge on any atom is -0.388 e. The van der Waals surface area contributed by atoms with Crippen LogP contribution >= 0.6 is 12.2 Å². The lowest BCUT2D eigenvalue weighted by molar-refractivity contribution is 0.867. The number of anilines is 2. The number of nitrogens with one attached hydrogen (secondary N) is 1. The summed E-state index contributed by atoms with van der Waals surface area (Å²) in [5.74, 6) is 0.969.